The molecule has 0 radical (unpaired) electrons. The Morgan fingerprint density at radius 3 is 2.54 bits per heavy atom. The number of rotatable bonds is 6. The normalized spacial score (nSPS) is 15.4. The molecule has 1 heterocycles. The van der Waals surface area contributed by atoms with Gasteiger partial charge in [0.25, 0.3) is 5.69 Å². The molecule has 1 aliphatic rings. The van der Waals surface area contributed by atoms with Gasteiger partial charge >= 0.3 is 0 Å². The molecular formula is C19H20ClFN4O3. The standard InChI is InChI=1S/C19H20ClFN4O3/c20-17-5-4-16(11-18(17)25(27)28)22-19(26)13-24-8-6-23(7-9-24)12-14-2-1-3-15(21)10-14/h1-5,10-11H,6-9,12-13H2,(H,22,26). The molecule has 148 valence electrons. The Kier molecular flexibility index (Phi) is 6.56. The average molecular weight is 407 g/mol. The van der Waals surface area contributed by atoms with E-state index in [1.165, 1.54) is 30.3 Å². The molecule has 9 heteroatoms. The van der Waals surface area contributed by atoms with Gasteiger partial charge in [-0.1, -0.05) is 23.7 Å². The summed E-state index contributed by atoms with van der Waals surface area (Å²) in [4.78, 5) is 26.8. The lowest BCUT2D eigenvalue weighted by atomic mass is 10.2. The molecule has 0 bridgehead atoms. The van der Waals surface area contributed by atoms with E-state index in [4.69, 9.17) is 11.6 Å². The molecule has 0 unspecified atom stereocenters. The summed E-state index contributed by atoms with van der Waals surface area (Å²) < 4.78 is 13.3. The molecule has 1 saturated heterocycles. The van der Waals surface area contributed by atoms with Gasteiger partial charge in [-0.15, -0.1) is 0 Å². The minimum atomic E-state index is -0.587. The van der Waals surface area contributed by atoms with Crippen LogP contribution in [0.2, 0.25) is 5.02 Å². The smallest absolute Gasteiger partial charge is 0.289 e. The lowest BCUT2D eigenvalue weighted by molar-refractivity contribution is -0.384. The first-order valence-corrected chi connectivity index (χ1v) is 9.21. The zero-order valence-corrected chi connectivity index (χ0v) is 15.9. The molecule has 0 saturated carbocycles. The average Bonchev–Trinajstić information content (AvgIpc) is 2.65. The predicted octanol–water partition coefficient (Wildman–Crippen LogP) is 3.14. The molecule has 0 aromatic heterocycles. The summed E-state index contributed by atoms with van der Waals surface area (Å²) in [7, 11) is 0. The van der Waals surface area contributed by atoms with E-state index >= 15 is 0 Å². The fourth-order valence-corrected chi connectivity index (χ4v) is 3.32. The van der Waals surface area contributed by atoms with Crippen LogP contribution < -0.4 is 5.32 Å². The largest absolute Gasteiger partial charge is 0.325 e. The Hall–Kier alpha value is -2.55. The van der Waals surface area contributed by atoms with E-state index in [0.29, 0.717) is 25.3 Å². The fourth-order valence-electron chi connectivity index (χ4n) is 3.13. The van der Waals surface area contributed by atoms with Crippen LogP contribution >= 0.6 is 11.6 Å². The van der Waals surface area contributed by atoms with E-state index < -0.39 is 4.92 Å². The van der Waals surface area contributed by atoms with E-state index in [2.05, 4.69) is 10.2 Å². The number of amides is 1. The summed E-state index contributed by atoms with van der Waals surface area (Å²) in [6, 6.07) is 10.7. The number of nitro benzene ring substituents is 1. The molecule has 0 atom stereocenters. The Bertz CT molecular complexity index is 872. The molecule has 1 aliphatic heterocycles. The molecular weight excluding hydrogens is 387 g/mol. The van der Waals surface area contributed by atoms with Gasteiger partial charge in [-0.2, -0.15) is 0 Å². The lowest BCUT2D eigenvalue weighted by Gasteiger charge is -2.34. The third-order valence-corrected chi connectivity index (χ3v) is 4.87. The predicted molar refractivity (Wildman–Crippen MR) is 105 cm³/mol. The molecule has 2 aromatic rings. The van der Waals surface area contributed by atoms with Crippen molar-refractivity contribution in [3.05, 3.63) is 69.0 Å². The summed E-state index contributed by atoms with van der Waals surface area (Å²) in [6.07, 6.45) is 0. The van der Waals surface area contributed by atoms with Gasteiger partial charge in [0.15, 0.2) is 0 Å². The fraction of sp³-hybridized carbons (Fsp3) is 0.316. The number of nitrogens with one attached hydrogen (secondary N) is 1. The van der Waals surface area contributed by atoms with Gasteiger partial charge in [0.05, 0.1) is 11.5 Å². The highest BCUT2D eigenvalue weighted by Gasteiger charge is 2.20. The number of carbonyl (C=O) groups is 1. The number of benzene rings is 2. The van der Waals surface area contributed by atoms with E-state index in [1.54, 1.807) is 6.07 Å². The van der Waals surface area contributed by atoms with Crippen LogP contribution in [0, 0.1) is 15.9 Å². The van der Waals surface area contributed by atoms with Crippen LogP contribution in [0.3, 0.4) is 0 Å². The van der Waals surface area contributed by atoms with Gasteiger partial charge in [-0.3, -0.25) is 24.7 Å². The summed E-state index contributed by atoms with van der Waals surface area (Å²) in [5, 5.41) is 13.6. The summed E-state index contributed by atoms with van der Waals surface area (Å²) in [6.45, 7) is 3.84. The van der Waals surface area contributed by atoms with Crippen molar-refractivity contribution >= 4 is 28.9 Å². The Morgan fingerprint density at radius 1 is 1.14 bits per heavy atom. The van der Waals surface area contributed by atoms with Gasteiger partial charge in [0.1, 0.15) is 10.8 Å². The van der Waals surface area contributed by atoms with E-state index in [0.717, 1.165) is 18.7 Å². The van der Waals surface area contributed by atoms with Crippen molar-refractivity contribution in [3.8, 4) is 0 Å². The molecule has 3 rings (SSSR count). The quantitative estimate of drug-likeness (QED) is 0.589. The molecule has 0 aliphatic carbocycles. The van der Waals surface area contributed by atoms with E-state index in [-0.39, 0.29) is 29.0 Å². The number of anilines is 1. The van der Waals surface area contributed by atoms with Crippen LogP contribution in [0.5, 0.6) is 0 Å². The molecule has 1 fully saturated rings. The third kappa shape index (κ3) is 5.48. The van der Waals surface area contributed by atoms with E-state index in [1.807, 2.05) is 11.0 Å². The van der Waals surface area contributed by atoms with Gasteiger partial charge in [0.2, 0.25) is 5.91 Å². The second-order valence-electron chi connectivity index (χ2n) is 6.65. The second-order valence-corrected chi connectivity index (χ2v) is 7.06. The van der Waals surface area contributed by atoms with Crippen molar-refractivity contribution < 1.29 is 14.1 Å². The number of piperazine rings is 1. The summed E-state index contributed by atoms with van der Waals surface area (Å²) in [5.74, 6) is -0.481. The first-order valence-electron chi connectivity index (χ1n) is 8.83. The highest BCUT2D eigenvalue weighted by molar-refractivity contribution is 6.32. The van der Waals surface area contributed by atoms with Crippen LogP contribution in [0.15, 0.2) is 42.5 Å². The maximum atomic E-state index is 13.3. The van der Waals surface area contributed by atoms with Crippen LogP contribution in [0.25, 0.3) is 0 Å². The summed E-state index contributed by atoms with van der Waals surface area (Å²) >= 11 is 5.78. The Morgan fingerprint density at radius 2 is 1.86 bits per heavy atom. The van der Waals surface area contributed by atoms with Crippen molar-refractivity contribution in [1.82, 2.24) is 9.80 Å². The SMILES string of the molecule is O=C(CN1CCN(Cc2cccc(F)c2)CC1)Nc1ccc(Cl)c([N+](=O)[O-])c1. The van der Waals surface area contributed by atoms with Gasteiger partial charge in [-0.05, 0) is 29.8 Å². The minimum Gasteiger partial charge on any atom is -0.325 e. The second kappa shape index (κ2) is 9.09. The van der Waals surface area contributed by atoms with Gasteiger partial charge in [-0.25, -0.2) is 4.39 Å². The number of halogens is 2. The molecule has 28 heavy (non-hydrogen) atoms. The first kappa shape index (κ1) is 20.2. The number of nitrogens with zero attached hydrogens (tertiary/aromatic N) is 3. The van der Waals surface area contributed by atoms with Crippen LogP contribution in [-0.4, -0.2) is 53.4 Å². The highest BCUT2D eigenvalue weighted by atomic mass is 35.5. The minimum absolute atomic E-state index is 0.0254. The van der Waals surface area contributed by atoms with Crippen molar-refractivity contribution in [3.63, 3.8) is 0 Å². The molecule has 2 aromatic carbocycles. The zero-order chi connectivity index (χ0) is 20.1. The lowest BCUT2D eigenvalue weighted by Crippen LogP contribution is -2.48. The van der Waals surface area contributed by atoms with Crippen LogP contribution in [0.1, 0.15) is 5.56 Å². The number of hydrogen-bond acceptors (Lipinski definition) is 5. The highest BCUT2D eigenvalue weighted by Crippen LogP contribution is 2.27. The van der Waals surface area contributed by atoms with Crippen LogP contribution in [0.4, 0.5) is 15.8 Å². The molecule has 0 spiro atoms. The monoisotopic (exact) mass is 406 g/mol. The Balaban J connectivity index is 1.47. The number of carbonyl (C=O) groups excluding carboxylic acids is 1. The van der Waals surface area contributed by atoms with Gasteiger partial charge in [0, 0.05) is 44.5 Å². The molecule has 7 nitrogen and oxygen atoms in total. The molecule has 1 N–H and O–H groups in total. The maximum absolute atomic E-state index is 13.3. The van der Waals surface area contributed by atoms with Crippen molar-refractivity contribution in [2.45, 2.75) is 6.54 Å². The topological polar surface area (TPSA) is 78.7 Å². The maximum Gasteiger partial charge on any atom is 0.289 e. The van der Waals surface area contributed by atoms with E-state index in [9.17, 15) is 19.3 Å². The number of nitro groups is 1. The third-order valence-electron chi connectivity index (χ3n) is 4.55. The first-order chi connectivity index (χ1) is 13.4. The van der Waals surface area contributed by atoms with Crippen LogP contribution in [-0.2, 0) is 11.3 Å². The summed E-state index contributed by atoms with van der Waals surface area (Å²) in [5.41, 5.74) is 1.02. The zero-order valence-electron chi connectivity index (χ0n) is 15.1. The Labute approximate surface area is 166 Å². The molecule has 1 amide bonds. The van der Waals surface area contributed by atoms with Crippen molar-refractivity contribution in [1.29, 1.82) is 0 Å². The van der Waals surface area contributed by atoms with Crippen molar-refractivity contribution in [2.24, 2.45) is 0 Å². The number of hydrogen-bond donors (Lipinski definition) is 1. The van der Waals surface area contributed by atoms with Gasteiger partial charge < -0.3 is 5.32 Å². The van der Waals surface area contributed by atoms with Crippen molar-refractivity contribution in [2.75, 3.05) is 38.0 Å².